The smallest absolute Gasteiger partial charge is 0.159 e. The standard InChI is InChI=1S/C14H15N3O/c1-2-3-4-7-11(18)10-15-14-12-8-5-6-9-13(12)16-17-14/h2-10,18H,1H3,(H2,15,16,17)/b3-2-,7-4-,11-10-. The van der Waals surface area contributed by atoms with Gasteiger partial charge in [-0.05, 0) is 25.1 Å². The second kappa shape index (κ2) is 5.72. The van der Waals surface area contributed by atoms with Crippen LogP contribution < -0.4 is 5.32 Å². The Bertz CT molecular complexity index is 608. The fraction of sp³-hybridized carbons (Fsp3) is 0.0714. The first-order chi connectivity index (χ1) is 8.81. The molecule has 0 amide bonds. The minimum Gasteiger partial charge on any atom is -0.506 e. The number of aliphatic hydroxyl groups excluding tert-OH is 1. The zero-order valence-corrected chi connectivity index (χ0v) is 10.1. The predicted octanol–water partition coefficient (Wildman–Crippen LogP) is 3.51. The van der Waals surface area contributed by atoms with Crippen LogP contribution in [0.15, 0.2) is 60.5 Å². The molecule has 0 fully saturated rings. The van der Waals surface area contributed by atoms with E-state index in [2.05, 4.69) is 15.5 Å². The topological polar surface area (TPSA) is 60.9 Å². The summed E-state index contributed by atoms with van der Waals surface area (Å²) < 4.78 is 0. The summed E-state index contributed by atoms with van der Waals surface area (Å²) in [5, 5.41) is 20.6. The van der Waals surface area contributed by atoms with Crippen LogP contribution >= 0.6 is 0 Å². The van der Waals surface area contributed by atoms with E-state index in [1.807, 2.05) is 43.3 Å². The average Bonchev–Trinajstić information content (AvgIpc) is 2.80. The van der Waals surface area contributed by atoms with Crippen LogP contribution in [0.4, 0.5) is 5.82 Å². The highest BCUT2D eigenvalue weighted by Gasteiger charge is 2.01. The number of allylic oxidation sites excluding steroid dienone is 4. The largest absolute Gasteiger partial charge is 0.506 e. The fourth-order valence-electron chi connectivity index (χ4n) is 1.53. The quantitative estimate of drug-likeness (QED) is 0.567. The number of aromatic amines is 1. The lowest BCUT2D eigenvalue weighted by Crippen LogP contribution is -1.90. The van der Waals surface area contributed by atoms with Crippen molar-refractivity contribution in [2.75, 3.05) is 5.32 Å². The van der Waals surface area contributed by atoms with Gasteiger partial charge in [0.2, 0.25) is 0 Å². The predicted molar refractivity (Wildman–Crippen MR) is 74.4 cm³/mol. The first-order valence-corrected chi connectivity index (χ1v) is 5.69. The van der Waals surface area contributed by atoms with Gasteiger partial charge in [-0.15, -0.1) is 0 Å². The number of nitrogens with one attached hydrogen (secondary N) is 2. The number of aromatic nitrogens is 2. The Hall–Kier alpha value is -2.49. The SMILES string of the molecule is C\C=C/C=C\C(O)=C\Nc1n[nH]c2ccccc12. The number of hydrogen-bond donors (Lipinski definition) is 3. The van der Waals surface area contributed by atoms with Crippen LogP contribution in [0, 0.1) is 0 Å². The molecule has 0 saturated carbocycles. The summed E-state index contributed by atoms with van der Waals surface area (Å²) in [6, 6.07) is 7.79. The van der Waals surface area contributed by atoms with Crippen LogP contribution in [0.3, 0.4) is 0 Å². The number of aliphatic hydroxyl groups is 1. The Kier molecular flexibility index (Phi) is 3.81. The van der Waals surface area contributed by atoms with Crippen LogP contribution in [0.1, 0.15) is 6.92 Å². The summed E-state index contributed by atoms with van der Waals surface area (Å²) in [5.74, 6) is 0.830. The second-order valence-corrected chi connectivity index (χ2v) is 3.72. The minimum absolute atomic E-state index is 0.139. The molecule has 0 aliphatic rings. The molecule has 2 rings (SSSR count). The molecule has 4 heteroatoms. The number of benzene rings is 1. The van der Waals surface area contributed by atoms with Crippen molar-refractivity contribution < 1.29 is 5.11 Å². The summed E-state index contributed by atoms with van der Waals surface area (Å²) in [7, 11) is 0. The molecule has 1 aromatic heterocycles. The molecule has 4 nitrogen and oxygen atoms in total. The number of para-hydroxylation sites is 1. The van der Waals surface area contributed by atoms with Crippen LogP contribution in [0.2, 0.25) is 0 Å². The van der Waals surface area contributed by atoms with Gasteiger partial charge in [0.15, 0.2) is 5.82 Å². The van der Waals surface area contributed by atoms with E-state index in [1.165, 1.54) is 6.20 Å². The second-order valence-electron chi connectivity index (χ2n) is 3.72. The van der Waals surface area contributed by atoms with Gasteiger partial charge in [0, 0.05) is 11.6 Å². The maximum atomic E-state index is 9.59. The van der Waals surface area contributed by atoms with Crippen molar-refractivity contribution in [1.82, 2.24) is 10.2 Å². The molecule has 0 spiro atoms. The van der Waals surface area contributed by atoms with Crippen molar-refractivity contribution in [3.8, 4) is 0 Å². The molecule has 0 atom stereocenters. The summed E-state index contributed by atoms with van der Waals surface area (Å²) in [4.78, 5) is 0. The first kappa shape index (κ1) is 12.0. The summed E-state index contributed by atoms with van der Waals surface area (Å²) in [5.41, 5.74) is 0.956. The highest BCUT2D eigenvalue weighted by Crippen LogP contribution is 2.19. The van der Waals surface area contributed by atoms with Gasteiger partial charge in [-0.25, -0.2) is 0 Å². The lowest BCUT2D eigenvalue weighted by atomic mass is 10.2. The Morgan fingerprint density at radius 1 is 1.33 bits per heavy atom. The van der Waals surface area contributed by atoms with Gasteiger partial charge >= 0.3 is 0 Å². The first-order valence-electron chi connectivity index (χ1n) is 5.69. The molecular weight excluding hydrogens is 226 g/mol. The van der Waals surface area contributed by atoms with Crippen molar-refractivity contribution in [2.45, 2.75) is 6.92 Å². The normalized spacial score (nSPS) is 12.8. The van der Waals surface area contributed by atoms with Crippen LogP contribution in [0.5, 0.6) is 0 Å². The van der Waals surface area contributed by atoms with Crippen LogP contribution in [-0.2, 0) is 0 Å². The van der Waals surface area contributed by atoms with E-state index >= 15 is 0 Å². The van der Waals surface area contributed by atoms with E-state index in [0.29, 0.717) is 5.82 Å². The highest BCUT2D eigenvalue weighted by molar-refractivity contribution is 5.89. The zero-order chi connectivity index (χ0) is 12.8. The Morgan fingerprint density at radius 2 is 2.17 bits per heavy atom. The van der Waals surface area contributed by atoms with Crippen LogP contribution in [0.25, 0.3) is 10.9 Å². The molecule has 92 valence electrons. The molecule has 1 heterocycles. The summed E-state index contributed by atoms with van der Waals surface area (Å²) in [6.45, 7) is 1.92. The monoisotopic (exact) mass is 241 g/mol. The number of fused-ring (bicyclic) bond motifs is 1. The number of hydrogen-bond acceptors (Lipinski definition) is 3. The van der Waals surface area contributed by atoms with Gasteiger partial charge in [-0.1, -0.05) is 30.4 Å². The van der Waals surface area contributed by atoms with Gasteiger partial charge in [0.1, 0.15) is 5.76 Å². The van der Waals surface area contributed by atoms with E-state index in [1.54, 1.807) is 12.2 Å². The van der Waals surface area contributed by atoms with Crippen molar-refractivity contribution >= 4 is 16.7 Å². The Balaban J connectivity index is 2.12. The van der Waals surface area contributed by atoms with Gasteiger partial charge in [-0.3, -0.25) is 5.10 Å². The lowest BCUT2D eigenvalue weighted by Gasteiger charge is -1.96. The maximum Gasteiger partial charge on any atom is 0.159 e. The minimum atomic E-state index is 0.139. The number of H-pyrrole nitrogens is 1. The summed E-state index contributed by atoms with van der Waals surface area (Å²) >= 11 is 0. The van der Waals surface area contributed by atoms with E-state index in [9.17, 15) is 5.11 Å². The van der Waals surface area contributed by atoms with E-state index in [-0.39, 0.29) is 5.76 Å². The Morgan fingerprint density at radius 3 is 3.00 bits per heavy atom. The molecule has 18 heavy (non-hydrogen) atoms. The highest BCUT2D eigenvalue weighted by atomic mass is 16.3. The van der Waals surface area contributed by atoms with Gasteiger partial charge in [0.05, 0.1) is 5.52 Å². The fourth-order valence-corrected chi connectivity index (χ4v) is 1.53. The average molecular weight is 241 g/mol. The molecule has 0 aliphatic carbocycles. The number of nitrogens with zero attached hydrogens (tertiary/aromatic N) is 1. The van der Waals surface area contributed by atoms with E-state index in [4.69, 9.17) is 0 Å². The summed E-state index contributed by atoms with van der Waals surface area (Å²) in [6.07, 6.45) is 8.59. The molecule has 3 N–H and O–H groups in total. The van der Waals surface area contributed by atoms with Gasteiger partial charge < -0.3 is 10.4 Å². The molecule has 0 radical (unpaired) electrons. The molecular formula is C14H15N3O. The van der Waals surface area contributed by atoms with Crippen molar-refractivity contribution in [3.05, 3.63) is 60.5 Å². The molecule has 0 bridgehead atoms. The molecule has 0 saturated heterocycles. The Labute approximate surface area is 105 Å². The third-order valence-electron chi connectivity index (χ3n) is 2.40. The van der Waals surface area contributed by atoms with Crippen LogP contribution in [-0.4, -0.2) is 15.3 Å². The zero-order valence-electron chi connectivity index (χ0n) is 10.1. The molecule has 1 aromatic carbocycles. The number of anilines is 1. The lowest BCUT2D eigenvalue weighted by molar-refractivity contribution is 0.432. The third kappa shape index (κ3) is 2.79. The molecule has 2 aromatic rings. The third-order valence-corrected chi connectivity index (χ3v) is 2.40. The molecule has 0 aliphatic heterocycles. The maximum absolute atomic E-state index is 9.59. The van der Waals surface area contributed by atoms with Gasteiger partial charge in [-0.2, -0.15) is 5.10 Å². The van der Waals surface area contributed by atoms with Crippen molar-refractivity contribution in [1.29, 1.82) is 0 Å². The van der Waals surface area contributed by atoms with Gasteiger partial charge in [0.25, 0.3) is 0 Å². The van der Waals surface area contributed by atoms with Crippen molar-refractivity contribution in [3.63, 3.8) is 0 Å². The van der Waals surface area contributed by atoms with E-state index in [0.717, 1.165) is 10.9 Å². The molecule has 0 unspecified atom stereocenters. The number of rotatable bonds is 4. The van der Waals surface area contributed by atoms with E-state index < -0.39 is 0 Å². The van der Waals surface area contributed by atoms with Crippen molar-refractivity contribution in [2.24, 2.45) is 0 Å².